The summed E-state index contributed by atoms with van der Waals surface area (Å²) in [6, 6.07) is 11.3. The highest BCUT2D eigenvalue weighted by molar-refractivity contribution is 6.05. The van der Waals surface area contributed by atoms with E-state index in [-0.39, 0.29) is 34.8 Å². The van der Waals surface area contributed by atoms with Gasteiger partial charge in [-0.25, -0.2) is 9.59 Å². The van der Waals surface area contributed by atoms with Crippen molar-refractivity contribution in [3.63, 3.8) is 0 Å². The van der Waals surface area contributed by atoms with Gasteiger partial charge in [0.05, 0.1) is 25.2 Å². The Morgan fingerprint density at radius 3 is 2.21 bits per heavy atom. The molecule has 57 heavy (non-hydrogen) atoms. The number of imide groups is 1. The molecule has 1 fully saturated rings. The zero-order valence-corrected chi connectivity index (χ0v) is 31.7. The Bertz CT molecular complexity index is 1740. The molecule has 7 N–H and O–H groups in total. The number of unbranched alkanes of at least 4 members (excludes halogenated alkanes) is 2. The van der Waals surface area contributed by atoms with Gasteiger partial charge in [0.2, 0.25) is 17.7 Å². The molecule has 7 atom stereocenters. The van der Waals surface area contributed by atoms with E-state index in [4.69, 9.17) is 9.47 Å². The average molecular weight is 799 g/mol. The standard InChI is InChI=1S/C37H48N7O13/c1-21(39-28(47)19-26-34(51)42-37(53)41-26)30(40-22(2)45)32(57-36(35(52)44(4)55)56-18-10-6-9-13-29(48)43(3)54)31(49)27(46)20-38-33(50)25-16-14-24(15-17-25)23-11-7-5-8-12-23/h5,7-8,11-12,14-17,21,26-27,30-32,36,46,49H,4,6,9-10,13,18-20H2,1-3H3,(H,38,50)(H,39,47)(H,40,45)(H2,41,42,51,53)/q-1/t21-,26?,27+,30+,31+,32?,36?/m0/s1. The quantitative estimate of drug-likeness (QED) is 0.0149. The number of carbonyl (C=O) groups is 7. The van der Waals surface area contributed by atoms with E-state index in [1.54, 1.807) is 24.3 Å². The van der Waals surface area contributed by atoms with Gasteiger partial charge in [0, 0.05) is 31.5 Å². The second-order valence-corrected chi connectivity index (χ2v) is 13.2. The fourth-order valence-electron chi connectivity index (χ4n) is 5.71. The van der Waals surface area contributed by atoms with Crippen molar-refractivity contribution in [2.45, 2.75) is 88.7 Å². The Morgan fingerprint density at radius 2 is 1.63 bits per heavy atom. The number of hydrogen-bond donors (Lipinski definition) is 7. The maximum atomic E-state index is 13.0. The molecule has 3 unspecified atom stereocenters. The number of amides is 8. The lowest BCUT2D eigenvalue weighted by molar-refractivity contribution is -0.396. The van der Waals surface area contributed by atoms with Gasteiger partial charge < -0.3 is 56.4 Å². The van der Waals surface area contributed by atoms with Crippen LogP contribution >= 0.6 is 0 Å². The fraction of sp³-hybridized carbons (Fsp3) is 0.459. The summed E-state index contributed by atoms with van der Waals surface area (Å²) in [5, 5.41) is 57.9. The number of nitrogens with one attached hydrogen (secondary N) is 5. The van der Waals surface area contributed by atoms with Crippen LogP contribution in [-0.2, 0) is 33.4 Å². The highest BCUT2D eigenvalue weighted by atomic mass is 16.7. The number of rotatable bonds is 22. The van der Waals surface area contributed by atoms with Crippen LogP contribution in [0, 0.1) is 10.4 Å². The number of urea groups is 1. The van der Waals surface area contributed by atoms with Crippen LogP contribution < -0.4 is 26.6 Å². The summed E-state index contributed by atoms with van der Waals surface area (Å²) in [6.45, 7) is 4.63. The Balaban J connectivity index is 1.83. The Kier molecular flexibility index (Phi) is 17.7. The van der Waals surface area contributed by atoms with Crippen molar-refractivity contribution in [2.24, 2.45) is 0 Å². The lowest BCUT2D eigenvalue weighted by Gasteiger charge is -2.38. The SMILES string of the molecule is C=[N+]([O-])C(=O)C(OCCCCCC(=O)N(C)[O-])OC([C@H](O)[C@H](O)CNC(=O)c1ccc(-c2ccccc2)cc1)[C@H](NC(C)=O)[C@H](C)NC(=O)CC1NC(=O)NC1=O. The smallest absolute Gasteiger partial charge is 0.454 e. The summed E-state index contributed by atoms with van der Waals surface area (Å²) in [5.41, 5.74) is 1.98. The van der Waals surface area contributed by atoms with Crippen LogP contribution in [0.3, 0.4) is 0 Å². The second-order valence-electron chi connectivity index (χ2n) is 13.2. The molecule has 20 nitrogen and oxygen atoms in total. The molecule has 0 bridgehead atoms. The molecule has 1 aliphatic rings. The molecule has 2 aromatic carbocycles. The maximum absolute atomic E-state index is 13.0. The fourth-order valence-corrected chi connectivity index (χ4v) is 5.71. The third-order valence-corrected chi connectivity index (χ3v) is 8.74. The van der Waals surface area contributed by atoms with E-state index in [0.29, 0.717) is 12.8 Å². The monoisotopic (exact) mass is 798 g/mol. The van der Waals surface area contributed by atoms with Crippen LogP contribution in [0.1, 0.15) is 56.3 Å². The molecule has 0 radical (unpaired) electrons. The first-order chi connectivity index (χ1) is 27.0. The summed E-state index contributed by atoms with van der Waals surface area (Å²) in [4.78, 5) is 86.6. The minimum Gasteiger partial charge on any atom is -0.756 e. The van der Waals surface area contributed by atoms with Gasteiger partial charge in [-0.05, 0) is 50.1 Å². The van der Waals surface area contributed by atoms with Crippen LogP contribution in [-0.4, -0.2) is 131 Å². The van der Waals surface area contributed by atoms with E-state index in [0.717, 1.165) is 25.1 Å². The molecule has 8 amide bonds. The first-order valence-corrected chi connectivity index (χ1v) is 18.0. The first-order valence-electron chi connectivity index (χ1n) is 18.0. The average Bonchev–Trinajstić information content (AvgIpc) is 3.49. The van der Waals surface area contributed by atoms with Gasteiger partial charge in [-0.3, -0.25) is 29.3 Å². The molecule has 0 saturated carbocycles. The van der Waals surface area contributed by atoms with E-state index in [1.165, 1.54) is 6.92 Å². The lowest BCUT2D eigenvalue weighted by Crippen LogP contribution is -2.63. The van der Waals surface area contributed by atoms with Crippen LogP contribution in [0.15, 0.2) is 54.6 Å². The van der Waals surface area contributed by atoms with E-state index in [2.05, 4.69) is 28.0 Å². The maximum Gasteiger partial charge on any atom is 0.454 e. The van der Waals surface area contributed by atoms with Gasteiger partial charge in [0.1, 0.15) is 25.0 Å². The number of aliphatic hydroxyl groups excluding tert-OH is 2. The lowest BCUT2D eigenvalue weighted by atomic mass is 9.94. The molecule has 0 spiro atoms. The molecule has 310 valence electrons. The zero-order chi connectivity index (χ0) is 42.2. The van der Waals surface area contributed by atoms with Crippen molar-refractivity contribution in [1.29, 1.82) is 0 Å². The molecule has 0 aromatic heterocycles. The molecule has 2 aromatic rings. The summed E-state index contributed by atoms with van der Waals surface area (Å²) in [7, 11) is 1.07. The van der Waals surface area contributed by atoms with E-state index in [9.17, 15) is 54.2 Å². The number of hydroxylamine groups is 3. The van der Waals surface area contributed by atoms with Crippen molar-refractivity contribution in [1.82, 2.24) is 31.6 Å². The number of nitrogens with zero attached hydrogens (tertiary/aromatic N) is 2. The van der Waals surface area contributed by atoms with Crippen LogP contribution in [0.5, 0.6) is 0 Å². The van der Waals surface area contributed by atoms with Crippen molar-refractivity contribution in [3.05, 3.63) is 70.6 Å². The number of aliphatic hydroxyl groups is 2. The Hall–Kier alpha value is -5.80. The molecule has 1 aliphatic heterocycles. The van der Waals surface area contributed by atoms with Gasteiger partial charge in [-0.15, -0.1) is 4.74 Å². The summed E-state index contributed by atoms with van der Waals surface area (Å²) >= 11 is 0. The predicted octanol–water partition coefficient (Wildman–Crippen LogP) is -0.605. The first kappa shape index (κ1) is 45.6. The molecular weight excluding hydrogens is 750 g/mol. The van der Waals surface area contributed by atoms with Gasteiger partial charge in [0.25, 0.3) is 18.1 Å². The number of hydrogen-bond acceptors (Lipinski definition) is 13. The third kappa shape index (κ3) is 14.3. The van der Waals surface area contributed by atoms with Crippen molar-refractivity contribution < 1.29 is 58.0 Å². The molecule has 1 saturated heterocycles. The Labute approximate surface area is 328 Å². The van der Waals surface area contributed by atoms with E-state index >= 15 is 0 Å². The van der Waals surface area contributed by atoms with E-state index < -0.39 is 97.2 Å². The minimum atomic E-state index is -2.10. The number of ether oxygens (including phenoxy) is 2. The predicted molar refractivity (Wildman–Crippen MR) is 201 cm³/mol. The normalized spacial score (nSPS) is 16.8. The highest BCUT2D eigenvalue weighted by Gasteiger charge is 2.43. The highest BCUT2D eigenvalue weighted by Crippen LogP contribution is 2.20. The van der Waals surface area contributed by atoms with Gasteiger partial charge in [0.15, 0.2) is 0 Å². The molecule has 3 rings (SSSR count). The van der Waals surface area contributed by atoms with Crippen molar-refractivity contribution in [3.8, 4) is 11.1 Å². The van der Waals surface area contributed by atoms with E-state index in [1.807, 2.05) is 35.6 Å². The van der Waals surface area contributed by atoms with Crippen LogP contribution in [0.2, 0.25) is 0 Å². The van der Waals surface area contributed by atoms with Gasteiger partial charge in [-0.2, -0.15) is 0 Å². The van der Waals surface area contributed by atoms with Crippen LogP contribution in [0.4, 0.5) is 4.79 Å². The van der Waals surface area contributed by atoms with Crippen molar-refractivity contribution in [2.75, 3.05) is 20.2 Å². The second kappa shape index (κ2) is 22.1. The van der Waals surface area contributed by atoms with Crippen molar-refractivity contribution >= 4 is 48.2 Å². The largest absolute Gasteiger partial charge is 0.756 e. The zero-order valence-electron chi connectivity index (χ0n) is 31.7. The molecular formula is C37H48N7O13-. The molecule has 1 heterocycles. The topological polar surface area (TPSA) is 291 Å². The Morgan fingerprint density at radius 1 is 0.982 bits per heavy atom. The molecule has 20 heteroatoms. The van der Waals surface area contributed by atoms with Crippen LogP contribution in [0.25, 0.3) is 11.1 Å². The molecule has 0 aliphatic carbocycles. The number of carbonyl (C=O) groups excluding carboxylic acids is 7. The summed E-state index contributed by atoms with van der Waals surface area (Å²) < 4.78 is 11.0. The summed E-state index contributed by atoms with van der Waals surface area (Å²) in [5.74, 6) is -4.93. The summed E-state index contributed by atoms with van der Waals surface area (Å²) in [6.07, 6.45) is -7.63. The number of benzene rings is 2. The minimum absolute atomic E-state index is 0.0481. The third-order valence-electron chi connectivity index (χ3n) is 8.74. The van der Waals surface area contributed by atoms with Gasteiger partial charge in [-0.1, -0.05) is 48.9 Å². The van der Waals surface area contributed by atoms with Gasteiger partial charge >= 0.3 is 11.9 Å².